The van der Waals surface area contributed by atoms with E-state index < -0.39 is 11.9 Å². The summed E-state index contributed by atoms with van der Waals surface area (Å²) in [5.74, 6) is 0.291. The van der Waals surface area contributed by atoms with Gasteiger partial charge in [0.25, 0.3) is 0 Å². The molecule has 1 rings (SSSR count). The molecule has 1 amide bonds. The highest BCUT2D eigenvalue weighted by Crippen LogP contribution is 2.08. The van der Waals surface area contributed by atoms with Crippen LogP contribution in [0.4, 0.5) is 4.39 Å². The third kappa shape index (κ3) is 3.58. The monoisotopic (exact) mass is 213 g/mol. The summed E-state index contributed by atoms with van der Waals surface area (Å²) in [7, 11) is 0. The molecule has 1 aliphatic heterocycles. The minimum absolute atomic E-state index is 0.380. The number of carbonyl (C=O) groups is 2. The minimum Gasteiger partial charge on any atom is -0.445 e. The van der Waals surface area contributed by atoms with Gasteiger partial charge in [0.1, 0.15) is 6.17 Å². The molecule has 82 valence electrons. The Balaban J connectivity index is 2.36. The van der Waals surface area contributed by atoms with Crippen LogP contribution in [0.3, 0.4) is 0 Å². The average molecular weight is 213 g/mol. The average Bonchev–Trinajstić information content (AvgIpc) is 2.29. The molecule has 0 saturated carbocycles. The van der Waals surface area contributed by atoms with Crippen LogP contribution in [0.5, 0.6) is 0 Å². The Morgan fingerprint density at radius 1 is 1.27 bits per heavy atom. The highest BCUT2D eigenvalue weighted by atomic mass is 19.1. The predicted molar refractivity (Wildman–Crippen MR) is 50.3 cm³/mol. The fraction of sp³-hybridized carbons (Fsp3) is 0.600. The summed E-state index contributed by atoms with van der Waals surface area (Å²) in [5, 5.41) is 0. The van der Waals surface area contributed by atoms with Crippen molar-refractivity contribution in [1.29, 1.82) is 0 Å². The molecular formula is C10H12FNO3. The van der Waals surface area contributed by atoms with Gasteiger partial charge in [0, 0.05) is 13.1 Å². The molecule has 0 radical (unpaired) electrons. The van der Waals surface area contributed by atoms with Gasteiger partial charge in [-0.1, -0.05) is 0 Å². The van der Waals surface area contributed by atoms with E-state index in [4.69, 9.17) is 0 Å². The van der Waals surface area contributed by atoms with Crippen molar-refractivity contribution in [2.24, 2.45) is 0 Å². The summed E-state index contributed by atoms with van der Waals surface area (Å²) in [6.45, 7) is 0.792. The van der Waals surface area contributed by atoms with E-state index in [-0.39, 0.29) is 6.61 Å². The minimum atomic E-state index is -0.959. The second kappa shape index (κ2) is 6.02. The second-order valence-electron chi connectivity index (χ2n) is 3.20. The SMILES string of the molecule is O=C(OCC#CF)C(=O)N1CCCCC1. The molecule has 0 aromatic carbocycles. The van der Waals surface area contributed by atoms with E-state index >= 15 is 0 Å². The van der Waals surface area contributed by atoms with E-state index in [9.17, 15) is 14.0 Å². The largest absolute Gasteiger partial charge is 0.445 e. The van der Waals surface area contributed by atoms with Crippen molar-refractivity contribution in [3.05, 3.63) is 0 Å². The number of hydrogen-bond acceptors (Lipinski definition) is 3. The van der Waals surface area contributed by atoms with Gasteiger partial charge in [-0.2, -0.15) is 0 Å². The maximum atomic E-state index is 11.4. The number of amides is 1. The van der Waals surface area contributed by atoms with E-state index in [0.29, 0.717) is 13.1 Å². The molecule has 0 atom stereocenters. The third-order valence-electron chi connectivity index (χ3n) is 2.16. The number of esters is 1. The Kier molecular flexibility index (Phi) is 4.61. The van der Waals surface area contributed by atoms with Gasteiger partial charge in [-0.3, -0.25) is 4.79 Å². The molecule has 15 heavy (non-hydrogen) atoms. The van der Waals surface area contributed by atoms with Gasteiger partial charge in [-0.15, -0.1) is 4.39 Å². The van der Waals surface area contributed by atoms with Gasteiger partial charge in [0.05, 0.1) is 0 Å². The van der Waals surface area contributed by atoms with Crippen LogP contribution in [0, 0.1) is 12.1 Å². The van der Waals surface area contributed by atoms with E-state index in [1.54, 1.807) is 0 Å². The van der Waals surface area contributed by atoms with Crippen molar-refractivity contribution in [1.82, 2.24) is 4.90 Å². The van der Waals surface area contributed by atoms with Crippen molar-refractivity contribution in [2.45, 2.75) is 19.3 Å². The fourth-order valence-corrected chi connectivity index (χ4v) is 1.42. The number of hydrogen-bond donors (Lipinski definition) is 0. The lowest BCUT2D eigenvalue weighted by atomic mass is 10.1. The number of halogens is 1. The molecule has 0 bridgehead atoms. The maximum Gasteiger partial charge on any atom is 0.397 e. The van der Waals surface area contributed by atoms with Crippen LogP contribution < -0.4 is 0 Å². The van der Waals surface area contributed by atoms with Crippen molar-refractivity contribution in [3.63, 3.8) is 0 Å². The first kappa shape index (κ1) is 11.5. The molecule has 0 aliphatic carbocycles. The van der Waals surface area contributed by atoms with E-state index in [2.05, 4.69) is 4.74 Å². The number of ether oxygens (including phenoxy) is 1. The first-order valence-electron chi connectivity index (χ1n) is 4.80. The Morgan fingerprint density at radius 3 is 2.53 bits per heavy atom. The van der Waals surface area contributed by atoms with Crippen molar-refractivity contribution in [2.75, 3.05) is 19.7 Å². The summed E-state index contributed by atoms with van der Waals surface area (Å²) >= 11 is 0. The van der Waals surface area contributed by atoms with Crippen molar-refractivity contribution < 1.29 is 18.7 Å². The van der Waals surface area contributed by atoms with Crippen LogP contribution in [0.2, 0.25) is 0 Å². The van der Waals surface area contributed by atoms with E-state index in [1.807, 2.05) is 5.92 Å². The number of carbonyl (C=O) groups excluding carboxylic acids is 2. The van der Waals surface area contributed by atoms with Crippen LogP contribution in [0.1, 0.15) is 19.3 Å². The maximum absolute atomic E-state index is 11.4. The molecule has 0 aromatic rings. The van der Waals surface area contributed by atoms with Crippen molar-refractivity contribution in [3.8, 4) is 12.1 Å². The van der Waals surface area contributed by atoms with Gasteiger partial charge in [0.2, 0.25) is 0 Å². The van der Waals surface area contributed by atoms with Gasteiger partial charge >= 0.3 is 11.9 Å². The van der Waals surface area contributed by atoms with E-state index in [1.165, 1.54) is 4.90 Å². The Labute approximate surface area is 87.4 Å². The first-order chi connectivity index (χ1) is 7.25. The van der Waals surface area contributed by atoms with Gasteiger partial charge < -0.3 is 9.64 Å². The van der Waals surface area contributed by atoms with Crippen LogP contribution in [0.25, 0.3) is 0 Å². The Hall–Kier alpha value is -1.57. The lowest BCUT2D eigenvalue weighted by molar-refractivity contribution is -0.159. The molecule has 0 unspecified atom stereocenters. The molecule has 0 aromatic heterocycles. The smallest absolute Gasteiger partial charge is 0.397 e. The second-order valence-corrected chi connectivity index (χ2v) is 3.20. The third-order valence-corrected chi connectivity index (χ3v) is 2.16. The lowest BCUT2D eigenvalue weighted by Gasteiger charge is -2.25. The summed E-state index contributed by atoms with van der Waals surface area (Å²) < 4.78 is 15.8. The molecule has 1 heterocycles. The van der Waals surface area contributed by atoms with Gasteiger partial charge in [0.15, 0.2) is 6.61 Å². The van der Waals surface area contributed by atoms with Crippen LogP contribution in [0.15, 0.2) is 0 Å². The zero-order valence-corrected chi connectivity index (χ0v) is 8.29. The normalized spacial score (nSPS) is 15.1. The topological polar surface area (TPSA) is 46.6 Å². The van der Waals surface area contributed by atoms with Crippen molar-refractivity contribution >= 4 is 11.9 Å². The molecular weight excluding hydrogens is 201 g/mol. The predicted octanol–water partition coefficient (Wildman–Crippen LogP) is 0.472. The van der Waals surface area contributed by atoms with Crippen LogP contribution in [-0.2, 0) is 14.3 Å². The van der Waals surface area contributed by atoms with Crippen LogP contribution >= 0.6 is 0 Å². The zero-order valence-electron chi connectivity index (χ0n) is 8.29. The van der Waals surface area contributed by atoms with E-state index in [0.717, 1.165) is 25.4 Å². The molecule has 0 N–H and O–H groups in total. The standard InChI is InChI=1S/C10H12FNO3/c11-5-4-8-15-10(14)9(13)12-6-2-1-3-7-12/h1-3,6-8H2. The lowest BCUT2D eigenvalue weighted by Crippen LogP contribution is -2.40. The summed E-state index contributed by atoms with van der Waals surface area (Å²) in [5.41, 5.74) is 0. The fourth-order valence-electron chi connectivity index (χ4n) is 1.42. The Bertz CT molecular complexity index is 300. The summed E-state index contributed by atoms with van der Waals surface area (Å²) in [6, 6.07) is 0. The highest BCUT2D eigenvalue weighted by molar-refractivity contribution is 6.32. The summed E-state index contributed by atoms with van der Waals surface area (Å²) in [6.07, 6.45) is 3.98. The molecule has 5 heteroatoms. The number of nitrogens with zero attached hydrogens (tertiary/aromatic N) is 1. The first-order valence-corrected chi connectivity index (χ1v) is 4.80. The quantitative estimate of drug-likeness (QED) is 0.361. The molecule has 0 spiro atoms. The summed E-state index contributed by atoms with van der Waals surface area (Å²) in [4.78, 5) is 24.0. The molecule has 4 nitrogen and oxygen atoms in total. The van der Waals surface area contributed by atoms with Crippen LogP contribution in [-0.4, -0.2) is 36.5 Å². The van der Waals surface area contributed by atoms with Gasteiger partial charge in [-0.05, 0) is 25.2 Å². The number of piperidine rings is 1. The molecule has 1 saturated heterocycles. The number of rotatable bonds is 1. The van der Waals surface area contributed by atoms with Gasteiger partial charge in [-0.25, -0.2) is 4.79 Å². The molecule has 1 aliphatic rings. The highest BCUT2D eigenvalue weighted by Gasteiger charge is 2.24. The Morgan fingerprint density at radius 2 is 1.93 bits per heavy atom. The molecule has 1 fully saturated rings. The zero-order chi connectivity index (χ0) is 11.1. The number of likely N-dealkylation sites (tertiary alicyclic amines) is 1.